The molecule has 0 rings (SSSR count). The lowest BCUT2D eigenvalue weighted by molar-refractivity contribution is -0.150. The van der Waals surface area contributed by atoms with Crippen molar-refractivity contribution < 1.29 is 9.53 Å². The van der Waals surface area contributed by atoms with Gasteiger partial charge in [0.1, 0.15) is 0 Å². The molecule has 0 aliphatic heterocycles. The van der Waals surface area contributed by atoms with E-state index in [0.717, 1.165) is 25.7 Å². The van der Waals surface area contributed by atoms with Crippen molar-refractivity contribution in [2.45, 2.75) is 52.4 Å². The van der Waals surface area contributed by atoms with E-state index in [4.69, 9.17) is 4.74 Å². The van der Waals surface area contributed by atoms with E-state index in [0.29, 0.717) is 12.8 Å². The molecule has 0 bridgehead atoms. The van der Waals surface area contributed by atoms with E-state index in [2.05, 4.69) is 19.9 Å². The van der Waals surface area contributed by atoms with Crippen LogP contribution < -0.4 is 0 Å². The molecule has 0 aliphatic rings. The molecule has 86 valence electrons. The molecular formula is C12H21NO2. The number of ether oxygens (including phenoxy) is 1. The van der Waals surface area contributed by atoms with Crippen molar-refractivity contribution in [3.63, 3.8) is 0 Å². The molecule has 0 atom stereocenters. The number of rotatable bonds is 7. The van der Waals surface area contributed by atoms with Crippen molar-refractivity contribution in [2.75, 3.05) is 7.11 Å². The zero-order valence-corrected chi connectivity index (χ0v) is 10.0. The molecule has 0 spiro atoms. The molecule has 3 nitrogen and oxygen atoms in total. The molecule has 0 aromatic rings. The summed E-state index contributed by atoms with van der Waals surface area (Å²) in [5.74, 6) is -0.369. The minimum absolute atomic E-state index is 0.369. The Labute approximate surface area is 92.4 Å². The maximum Gasteiger partial charge on any atom is 0.326 e. The van der Waals surface area contributed by atoms with Gasteiger partial charge in [-0.3, -0.25) is 4.79 Å². The number of esters is 1. The van der Waals surface area contributed by atoms with Crippen LogP contribution in [0.1, 0.15) is 52.4 Å². The van der Waals surface area contributed by atoms with Crippen LogP contribution in [0.3, 0.4) is 0 Å². The van der Waals surface area contributed by atoms with Crippen LogP contribution in [0.4, 0.5) is 0 Å². The number of nitrogens with zero attached hydrogens (tertiary/aromatic N) is 1. The van der Waals surface area contributed by atoms with Gasteiger partial charge in [-0.2, -0.15) is 5.26 Å². The Bertz CT molecular complexity index is 222. The Morgan fingerprint density at radius 3 is 2.00 bits per heavy atom. The van der Waals surface area contributed by atoms with Crippen LogP contribution in [0, 0.1) is 16.7 Å². The molecule has 0 radical (unpaired) electrons. The molecule has 0 aromatic carbocycles. The number of hydrogen-bond acceptors (Lipinski definition) is 3. The summed E-state index contributed by atoms with van der Waals surface area (Å²) in [5.41, 5.74) is -0.902. The summed E-state index contributed by atoms with van der Waals surface area (Å²) in [6.45, 7) is 4.11. The second kappa shape index (κ2) is 7.28. The fraction of sp³-hybridized carbons (Fsp3) is 0.833. The predicted molar refractivity (Wildman–Crippen MR) is 59.1 cm³/mol. The SMILES string of the molecule is CCCCC(C#N)(CCCC)C(=O)OC. The van der Waals surface area contributed by atoms with Gasteiger partial charge in [-0.05, 0) is 12.8 Å². The minimum atomic E-state index is -0.902. The molecule has 15 heavy (non-hydrogen) atoms. The van der Waals surface area contributed by atoms with Gasteiger partial charge in [-0.1, -0.05) is 39.5 Å². The van der Waals surface area contributed by atoms with Crippen molar-refractivity contribution in [2.24, 2.45) is 5.41 Å². The molecule has 0 amide bonds. The van der Waals surface area contributed by atoms with E-state index < -0.39 is 5.41 Å². The molecule has 3 heteroatoms. The predicted octanol–water partition coefficient (Wildman–Crippen LogP) is 3.05. The van der Waals surface area contributed by atoms with E-state index in [1.807, 2.05) is 0 Å². The fourth-order valence-corrected chi connectivity index (χ4v) is 1.64. The van der Waals surface area contributed by atoms with Gasteiger partial charge in [-0.25, -0.2) is 0 Å². The second-order valence-corrected chi connectivity index (χ2v) is 3.89. The van der Waals surface area contributed by atoms with Crippen LogP contribution in [-0.2, 0) is 9.53 Å². The standard InChI is InChI=1S/C12H21NO2/c1-4-6-8-12(10-13,9-7-5-2)11(14)15-3/h4-9H2,1-3H3. The first-order valence-corrected chi connectivity index (χ1v) is 5.66. The Hall–Kier alpha value is -1.04. The van der Waals surface area contributed by atoms with Crippen LogP contribution in [0.5, 0.6) is 0 Å². The molecule has 0 saturated carbocycles. The van der Waals surface area contributed by atoms with Gasteiger partial charge in [-0.15, -0.1) is 0 Å². The van der Waals surface area contributed by atoms with Crippen molar-refractivity contribution in [1.29, 1.82) is 5.26 Å². The monoisotopic (exact) mass is 211 g/mol. The highest BCUT2D eigenvalue weighted by Crippen LogP contribution is 2.31. The van der Waals surface area contributed by atoms with Crippen LogP contribution in [-0.4, -0.2) is 13.1 Å². The van der Waals surface area contributed by atoms with Gasteiger partial charge in [0.25, 0.3) is 0 Å². The number of carbonyl (C=O) groups excluding carboxylic acids is 1. The zero-order chi connectivity index (χ0) is 11.7. The lowest BCUT2D eigenvalue weighted by Gasteiger charge is -2.23. The van der Waals surface area contributed by atoms with E-state index in [9.17, 15) is 10.1 Å². The molecule has 0 heterocycles. The second-order valence-electron chi connectivity index (χ2n) is 3.89. The Balaban J connectivity index is 4.61. The zero-order valence-electron chi connectivity index (χ0n) is 10.0. The molecule has 0 N–H and O–H groups in total. The molecule has 0 aromatic heterocycles. The highest BCUT2D eigenvalue weighted by atomic mass is 16.5. The van der Waals surface area contributed by atoms with Crippen molar-refractivity contribution >= 4 is 5.97 Å². The van der Waals surface area contributed by atoms with Gasteiger partial charge in [0.2, 0.25) is 0 Å². The summed E-state index contributed by atoms with van der Waals surface area (Å²) in [4.78, 5) is 11.6. The average Bonchev–Trinajstić information content (AvgIpc) is 2.29. The summed E-state index contributed by atoms with van der Waals surface area (Å²) in [5, 5.41) is 9.18. The Morgan fingerprint density at radius 1 is 1.27 bits per heavy atom. The Morgan fingerprint density at radius 2 is 1.73 bits per heavy atom. The van der Waals surface area contributed by atoms with Crippen molar-refractivity contribution in [3.05, 3.63) is 0 Å². The van der Waals surface area contributed by atoms with Crippen molar-refractivity contribution in [1.82, 2.24) is 0 Å². The lowest BCUT2D eigenvalue weighted by atomic mass is 9.79. The first kappa shape index (κ1) is 14.0. The van der Waals surface area contributed by atoms with E-state index in [-0.39, 0.29) is 5.97 Å². The molecule has 0 fully saturated rings. The van der Waals surface area contributed by atoms with Crippen molar-refractivity contribution in [3.8, 4) is 6.07 Å². The van der Waals surface area contributed by atoms with Gasteiger partial charge in [0.15, 0.2) is 5.41 Å². The van der Waals surface area contributed by atoms with Crippen LogP contribution >= 0.6 is 0 Å². The highest BCUT2D eigenvalue weighted by Gasteiger charge is 2.38. The summed E-state index contributed by atoms with van der Waals surface area (Å²) >= 11 is 0. The third-order valence-electron chi connectivity index (χ3n) is 2.70. The summed E-state index contributed by atoms with van der Waals surface area (Å²) in [6, 6.07) is 2.16. The van der Waals surface area contributed by atoms with Gasteiger partial charge >= 0.3 is 5.97 Å². The van der Waals surface area contributed by atoms with Crippen LogP contribution in [0.15, 0.2) is 0 Å². The quantitative estimate of drug-likeness (QED) is 0.608. The first-order valence-electron chi connectivity index (χ1n) is 5.66. The van der Waals surface area contributed by atoms with Gasteiger partial charge in [0, 0.05) is 0 Å². The minimum Gasteiger partial charge on any atom is -0.468 e. The molecule has 0 aliphatic carbocycles. The molecule has 0 unspecified atom stereocenters. The van der Waals surface area contributed by atoms with Gasteiger partial charge < -0.3 is 4.74 Å². The maximum absolute atomic E-state index is 11.6. The van der Waals surface area contributed by atoms with E-state index in [1.165, 1.54) is 7.11 Å². The third-order valence-corrected chi connectivity index (χ3v) is 2.70. The normalized spacial score (nSPS) is 10.8. The largest absolute Gasteiger partial charge is 0.468 e. The average molecular weight is 211 g/mol. The van der Waals surface area contributed by atoms with E-state index >= 15 is 0 Å². The van der Waals surface area contributed by atoms with Crippen LogP contribution in [0.25, 0.3) is 0 Å². The topological polar surface area (TPSA) is 50.1 Å². The van der Waals surface area contributed by atoms with Gasteiger partial charge in [0.05, 0.1) is 13.2 Å². The highest BCUT2D eigenvalue weighted by molar-refractivity contribution is 5.79. The number of nitriles is 1. The number of unbranched alkanes of at least 4 members (excludes halogenated alkanes) is 2. The number of hydrogen-bond donors (Lipinski definition) is 0. The van der Waals surface area contributed by atoms with E-state index in [1.54, 1.807) is 0 Å². The molecule has 0 saturated heterocycles. The lowest BCUT2D eigenvalue weighted by Crippen LogP contribution is -2.31. The number of methoxy groups -OCH3 is 1. The summed E-state index contributed by atoms with van der Waals surface area (Å²) < 4.78 is 4.74. The fourth-order valence-electron chi connectivity index (χ4n) is 1.64. The first-order chi connectivity index (χ1) is 7.16. The maximum atomic E-state index is 11.6. The molecular weight excluding hydrogens is 190 g/mol. The Kier molecular flexibility index (Phi) is 6.77. The smallest absolute Gasteiger partial charge is 0.326 e. The van der Waals surface area contributed by atoms with Crippen LogP contribution in [0.2, 0.25) is 0 Å². The summed E-state index contributed by atoms with van der Waals surface area (Å²) in [6.07, 6.45) is 5.01. The number of carbonyl (C=O) groups is 1. The summed E-state index contributed by atoms with van der Waals surface area (Å²) in [7, 11) is 1.35. The third kappa shape index (κ3) is 3.91.